The first-order valence-corrected chi connectivity index (χ1v) is 7.64. The van der Waals surface area contributed by atoms with E-state index in [1.807, 2.05) is 6.92 Å². The van der Waals surface area contributed by atoms with Crippen LogP contribution in [0.15, 0.2) is 29.1 Å². The average Bonchev–Trinajstić information content (AvgIpc) is 2.45. The number of Topliss-reactive ketones (excluding diaryl/α,β-unsaturated/α-hetero) is 1. The van der Waals surface area contributed by atoms with E-state index >= 15 is 0 Å². The summed E-state index contributed by atoms with van der Waals surface area (Å²) in [5.74, 6) is -2.00. The molecule has 0 saturated heterocycles. The second-order valence-corrected chi connectivity index (χ2v) is 6.18. The first kappa shape index (κ1) is 18.9. The molecule has 1 aliphatic rings. The molecular formula is C17H25NO5. The largest absolute Gasteiger partial charge is 0.511 e. The van der Waals surface area contributed by atoms with Crippen molar-refractivity contribution in [2.75, 3.05) is 13.7 Å². The van der Waals surface area contributed by atoms with Crippen LogP contribution in [0.3, 0.4) is 0 Å². The van der Waals surface area contributed by atoms with Gasteiger partial charge in [-0.15, -0.1) is 0 Å². The van der Waals surface area contributed by atoms with E-state index in [1.54, 1.807) is 13.8 Å². The highest BCUT2D eigenvalue weighted by atomic mass is 16.6. The molecule has 1 unspecified atom stereocenters. The second-order valence-electron chi connectivity index (χ2n) is 6.18. The molecule has 1 rings (SSSR count). The number of allylic oxidation sites excluding steroid dienone is 1. The standard InChI is InChI=1S/C17H25NO5/c1-6-8-11(18-23-9-7-2)13-12(19)10-17(3,4)14(15(13)20)16(21)22-5/h7,14,20H,2,6,8-10H2,1,3-5H3. The third-order valence-electron chi connectivity index (χ3n) is 3.79. The SMILES string of the molecule is C=CCON=C(CCC)C1=C(O)C(C(=O)OC)C(C)(C)CC1=O. The van der Waals surface area contributed by atoms with Crippen molar-refractivity contribution in [3.63, 3.8) is 0 Å². The Balaban J connectivity index is 3.37. The van der Waals surface area contributed by atoms with Crippen molar-refractivity contribution >= 4 is 17.5 Å². The summed E-state index contributed by atoms with van der Waals surface area (Å²) in [6, 6.07) is 0. The van der Waals surface area contributed by atoms with Crippen LogP contribution in [0, 0.1) is 11.3 Å². The van der Waals surface area contributed by atoms with Gasteiger partial charge in [-0.1, -0.05) is 45.0 Å². The van der Waals surface area contributed by atoms with Crippen LogP contribution < -0.4 is 0 Å². The van der Waals surface area contributed by atoms with Crippen molar-refractivity contribution < 1.29 is 24.3 Å². The average molecular weight is 323 g/mol. The van der Waals surface area contributed by atoms with Crippen molar-refractivity contribution in [2.45, 2.75) is 40.0 Å². The lowest BCUT2D eigenvalue weighted by atomic mass is 9.67. The fourth-order valence-corrected chi connectivity index (χ4v) is 2.74. The minimum atomic E-state index is -0.901. The van der Waals surface area contributed by atoms with Gasteiger partial charge in [0.15, 0.2) is 5.78 Å². The molecule has 0 heterocycles. The number of hydrogen-bond acceptors (Lipinski definition) is 6. The van der Waals surface area contributed by atoms with Gasteiger partial charge in [0.2, 0.25) is 0 Å². The molecule has 0 spiro atoms. The highest BCUT2D eigenvalue weighted by Crippen LogP contribution is 2.42. The maximum Gasteiger partial charge on any atom is 0.316 e. The first-order valence-electron chi connectivity index (χ1n) is 7.64. The van der Waals surface area contributed by atoms with E-state index in [1.165, 1.54) is 13.2 Å². The topological polar surface area (TPSA) is 85.2 Å². The van der Waals surface area contributed by atoms with E-state index in [9.17, 15) is 14.7 Å². The van der Waals surface area contributed by atoms with Gasteiger partial charge in [-0.2, -0.15) is 0 Å². The molecule has 0 aromatic carbocycles. The molecule has 1 N–H and O–H groups in total. The van der Waals surface area contributed by atoms with Gasteiger partial charge in [0.1, 0.15) is 18.3 Å². The molecular weight excluding hydrogens is 298 g/mol. The second kappa shape index (κ2) is 7.94. The number of esters is 1. The van der Waals surface area contributed by atoms with E-state index in [2.05, 4.69) is 11.7 Å². The molecule has 0 fully saturated rings. The monoisotopic (exact) mass is 323 g/mol. The number of aliphatic hydroxyl groups is 1. The summed E-state index contributed by atoms with van der Waals surface area (Å²) in [6.07, 6.45) is 2.82. The van der Waals surface area contributed by atoms with E-state index in [-0.39, 0.29) is 30.1 Å². The number of carbonyl (C=O) groups is 2. The number of hydrogen-bond donors (Lipinski definition) is 1. The predicted molar refractivity (Wildman–Crippen MR) is 87.1 cm³/mol. The number of carbonyl (C=O) groups excluding carboxylic acids is 2. The summed E-state index contributed by atoms with van der Waals surface area (Å²) in [4.78, 5) is 29.7. The smallest absolute Gasteiger partial charge is 0.316 e. The Hall–Kier alpha value is -2.11. The normalized spacial score (nSPS) is 21.1. The Morgan fingerprint density at radius 3 is 2.70 bits per heavy atom. The zero-order valence-corrected chi connectivity index (χ0v) is 14.2. The minimum Gasteiger partial charge on any atom is -0.511 e. The van der Waals surface area contributed by atoms with Crippen LogP contribution in [0.1, 0.15) is 40.0 Å². The highest BCUT2D eigenvalue weighted by molar-refractivity contribution is 6.23. The molecule has 0 aromatic heterocycles. The lowest BCUT2D eigenvalue weighted by Gasteiger charge is -2.36. The molecule has 0 bridgehead atoms. The Morgan fingerprint density at radius 2 is 2.17 bits per heavy atom. The summed E-state index contributed by atoms with van der Waals surface area (Å²) in [5.41, 5.74) is -0.302. The summed E-state index contributed by atoms with van der Waals surface area (Å²) in [7, 11) is 1.26. The highest BCUT2D eigenvalue weighted by Gasteiger charge is 2.47. The molecule has 0 saturated carbocycles. The Morgan fingerprint density at radius 1 is 1.52 bits per heavy atom. The molecule has 1 atom stereocenters. The molecule has 0 amide bonds. The predicted octanol–water partition coefficient (Wildman–Crippen LogP) is 2.95. The molecule has 0 aromatic rings. The van der Waals surface area contributed by atoms with E-state index in [0.717, 1.165) is 0 Å². The van der Waals surface area contributed by atoms with Gasteiger partial charge >= 0.3 is 5.97 Å². The van der Waals surface area contributed by atoms with Crippen LogP contribution in [-0.2, 0) is 19.2 Å². The Kier molecular flexibility index (Phi) is 6.54. The Labute approximate surface area is 136 Å². The lowest BCUT2D eigenvalue weighted by molar-refractivity contribution is -0.150. The number of methoxy groups -OCH3 is 1. The van der Waals surface area contributed by atoms with Crippen LogP contribution in [0.5, 0.6) is 0 Å². The third-order valence-corrected chi connectivity index (χ3v) is 3.79. The number of ether oxygens (including phenoxy) is 1. The van der Waals surface area contributed by atoms with Crippen LogP contribution in [0.2, 0.25) is 0 Å². The van der Waals surface area contributed by atoms with Crippen molar-refractivity contribution in [3.8, 4) is 0 Å². The number of nitrogens with zero attached hydrogens (tertiary/aromatic N) is 1. The maximum atomic E-state index is 12.5. The van der Waals surface area contributed by atoms with Gasteiger partial charge in [0.25, 0.3) is 0 Å². The lowest BCUT2D eigenvalue weighted by Crippen LogP contribution is -2.41. The Bertz CT molecular complexity index is 545. The number of oxime groups is 1. The van der Waals surface area contributed by atoms with Gasteiger partial charge in [-0.25, -0.2) is 0 Å². The minimum absolute atomic E-state index is 0.0747. The summed E-state index contributed by atoms with van der Waals surface area (Å²) in [5, 5.41) is 14.5. The van der Waals surface area contributed by atoms with Crippen LogP contribution in [0.25, 0.3) is 0 Å². The molecule has 0 radical (unpaired) electrons. The molecule has 6 nitrogen and oxygen atoms in total. The van der Waals surface area contributed by atoms with Crippen molar-refractivity contribution in [3.05, 3.63) is 24.0 Å². The molecule has 0 aliphatic heterocycles. The summed E-state index contributed by atoms with van der Waals surface area (Å²) in [6.45, 7) is 9.16. The maximum absolute atomic E-state index is 12.5. The van der Waals surface area contributed by atoms with Crippen LogP contribution >= 0.6 is 0 Å². The fraction of sp³-hybridized carbons (Fsp3) is 0.588. The van der Waals surface area contributed by atoms with Crippen LogP contribution in [-0.4, -0.2) is 36.3 Å². The zero-order valence-electron chi connectivity index (χ0n) is 14.2. The van der Waals surface area contributed by atoms with Gasteiger partial charge in [0, 0.05) is 6.42 Å². The molecule has 6 heteroatoms. The molecule has 128 valence electrons. The van der Waals surface area contributed by atoms with Crippen LogP contribution in [0.4, 0.5) is 0 Å². The van der Waals surface area contributed by atoms with E-state index < -0.39 is 17.3 Å². The summed E-state index contributed by atoms with van der Waals surface area (Å²) >= 11 is 0. The van der Waals surface area contributed by atoms with E-state index in [0.29, 0.717) is 18.6 Å². The first-order chi connectivity index (χ1) is 10.8. The zero-order chi connectivity index (χ0) is 17.6. The van der Waals surface area contributed by atoms with Crippen molar-refractivity contribution in [2.24, 2.45) is 16.5 Å². The number of aliphatic hydroxyl groups excluding tert-OH is 1. The number of ketones is 1. The quantitative estimate of drug-likeness (QED) is 0.256. The number of rotatable bonds is 7. The van der Waals surface area contributed by atoms with Gasteiger partial charge < -0.3 is 14.7 Å². The third kappa shape index (κ3) is 4.21. The molecule has 1 aliphatic carbocycles. The van der Waals surface area contributed by atoms with Crippen molar-refractivity contribution in [1.29, 1.82) is 0 Å². The fourth-order valence-electron chi connectivity index (χ4n) is 2.74. The molecule has 23 heavy (non-hydrogen) atoms. The summed E-state index contributed by atoms with van der Waals surface area (Å²) < 4.78 is 4.79. The van der Waals surface area contributed by atoms with Gasteiger partial charge in [0.05, 0.1) is 18.4 Å². The van der Waals surface area contributed by atoms with Gasteiger partial charge in [-0.05, 0) is 11.8 Å². The van der Waals surface area contributed by atoms with Crippen molar-refractivity contribution in [1.82, 2.24) is 0 Å². The van der Waals surface area contributed by atoms with E-state index in [4.69, 9.17) is 9.57 Å². The van der Waals surface area contributed by atoms with Gasteiger partial charge in [-0.3, -0.25) is 9.59 Å².